The van der Waals surface area contributed by atoms with E-state index in [-0.39, 0.29) is 5.75 Å². The lowest BCUT2D eigenvalue weighted by molar-refractivity contribution is 0.385. The molecule has 1 aliphatic rings. The average Bonchev–Trinajstić information content (AvgIpc) is 1.85. The molecule has 11 heavy (non-hydrogen) atoms. The van der Waals surface area contributed by atoms with Crippen LogP contribution in [-0.4, -0.2) is 14.2 Å². The molecule has 1 fully saturated rings. The van der Waals surface area contributed by atoms with Gasteiger partial charge in [-0.2, -0.15) is 0 Å². The molecular weight excluding hydrogens is 162 g/mol. The van der Waals surface area contributed by atoms with E-state index in [9.17, 15) is 8.42 Å². The van der Waals surface area contributed by atoms with E-state index >= 15 is 0 Å². The van der Waals surface area contributed by atoms with Crippen LogP contribution in [0.2, 0.25) is 0 Å². The summed E-state index contributed by atoms with van der Waals surface area (Å²) in [6.45, 7) is 0. The van der Waals surface area contributed by atoms with Gasteiger partial charge in [-0.3, -0.25) is 0 Å². The van der Waals surface area contributed by atoms with Crippen molar-refractivity contribution in [2.24, 2.45) is 11.1 Å². The van der Waals surface area contributed by atoms with Crippen LogP contribution in [0.15, 0.2) is 0 Å². The Morgan fingerprint density at radius 3 is 2.18 bits per heavy atom. The standard InChI is InChI=1S/C7H15NO2S/c8-11(9,10)6-7-4-2-1-3-5-7/h7H,1-6H2,(H2,8,9,10). The predicted octanol–water partition coefficient (Wildman–Crippen LogP) is 0.855. The van der Waals surface area contributed by atoms with Gasteiger partial charge in [-0.15, -0.1) is 0 Å². The van der Waals surface area contributed by atoms with Gasteiger partial charge >= 0.3 is 0 Å². The van der Waals surface area contributed by atoms with Gasteiger partial charge in [-0.05, 0) is 18.8 Å². The van der Waals surface area contributed by atoms with Gasteiger partial charge in [-0.1, -0.05) is 19.3 Å². The largest absolute Gasteiger partial charge is 0.229 e. The number of hydrogen-bond acceptors (Lipinski definition) is 2. The summed E-state index contributed by atoms with van der Waals surface area (Å²) < 4.78 is 21.4. The molecule has 0 bridgehead atoms. The number of rotatable bonds is 2. The number of hydrogen-bond donors (Lipinski definition) is 1. The summed E-state index contributed by atoms with van der Waals surface area (Å²) in [7, 11) is -3.22. The molecule has 0 heterocycles. The second-order valence-corrected chi connectivity index (χ2v) is 4.99. The van der Waals surface area contributed by atoms with Crippen LogP contribution in [0, 0.1) is 5.92 Å². The highest BCUT2D eigenvalue weighted by Crippen LogP contribution is 2.24. The highest BCUT2D eigenvalue weighted by atomic mass is 32.2. The van der Waals surface area contributed by atoms with Crippen molar-refractivity contribution >= 4 is 10.0 Å². The van der Waals surface area contributed by atoms with Crippen LogP contribution in [0.1, 0.15) is 32.1 Å². The first-order chi connectivity index (χ1) is 5.08. The van der Waals surface area contributed by atoms with Gasteiger partial charge in [0.2, 0.25) is 10.0 Å². The first-order valence-corrected chi connectivity index (χ1v) is 5.80. The third kappa shape index (κ3) is 3.72. The molecule has 4 heteroatoms. The molecule has 0 radical (unpaired) electrons. The molecule has 3 nitrogen and oxygen atoms in total. The van der Waals surface area contributed by atoms with Crippen molar-refractivity contribution in [2.75, 3.05) is 5.75 Å². The molecule has 0 saturated heterocycles. The van der Waals surface area contributed by atoms with Crippen molar-refractivity contribution in [1.29, 1.82) is 0 Å². The second kappa shape index (κ2) is 3.54. The summed E-state index contributed by atoms with van der Waals surface area (Å²) in [5.74, 6) is 0.520. The normalized spacial score (nSPS) is 21.9. The molecule has 0 atom stereocenters. The van der Waals surface area contributed by atoms with Gasteiger partial charge in [0.25, 0.3) is 0 Å². The fraction of sp³-hybridized carbons (Fsp3) is 1.00. The molecule has 0 spiro atoms. The maximum absolute atomic E-state index is 10.7. The van der Waals surface area contributed by atoms with Crippen LogP contribution in [0.5, 0.6) is 0 Å². The summed E-state index contributed by atoms with van der Waals surface area (Å²) in [5, 5.41) is 4.94. The lowest BCUT2D eigenvalue weighted by Gasteiger charge is -2.19. The van der Waals surface area contributed by atoms with E-state index in [2.05, 4.69) is 0 Å². The number of nitrogens with two attached hydrogens (primary N) is 1. The highest BCUT2D eigenvalue weighted by Gasteiger charge is 2.17. The molecule has 0 aromatic rings. The van der Waals surface area contributed by atoms with E-state index in [1.54, 1.807) is 0 Å². The Bertz CT molecular complexity index is 204. The van der Waals surface area contributed by atoms with E-state index in [0.29, 0.717) is 5.92 Å². The molecule has 0 aromatic carbocycles. The maximum atomic E-state index is 10.7. The molecule has 0 aromatic heterocycles. The van der Waals surface area contributed by atoms with Gasteiger partial charge < -0.3 is 0 Å². The quantitative estimate of drug-likeness (QED) is 0.680. The van der Waals surface area contributed by atoms with Gasteiger partial charge in [0, 0.05) is 0 Å². The van der Waals surface area contributed by atoms with Crippen LogP contribution in [0.25, 0.3) is 0 Å². The van der Waals surface area contributed by atoms with E-state index in [0.717, 1.165) is 12.8 Å². The Hall–Kier alpha value is -0.0900. The molecule has 1 aliphatic carbocycles. The molecule has 0 aliphatic heterocycles. The van der Waals surface area contributed by atoms with Crippen LogP contribution in [0.4, 0.5) is 0 Å². The van der Waals surface area contributed by atoms with Gasteiger partial charge in [0.05, 0.1) is 5.75 Å². The summed E-state index contributed by atoms with van der Waals surface area (Å²) in [6, 6.07) is 0. The number of sulfonamides is 1. The second-order valence-electron chi connectivity index (χ2n) is 3.33. The monoisotopic (exact) mass is 177 g/mol. The smallest absolute Gasteiger partial charge is 0.209 e. The SMILES string of the molecule is NS(=O)(=O)CC1CCCCC1. The third-order valence-electron chi connectivity index (χ3n) is 2.19. The topological polar surface area (TPSA) is 60.2 Å². The van der Waals surface area contributed by atoms with Gasteiger partial charge in [-0.25, -0.2) is 13.6 Å². The Labute approximate surface area is 68.0 Å². The lowest BCUT2D eigenvalue weighted by Crippen LogP contribution is -2.24. The van der Waals surface area contributed by atoms with Gasteiger partial charge in [0.15, 0.2) is 0 Å². The highest BCUT2D eigenvalue weighted by molar-refractivity contribution is 7.89. The zero-order valence-corrected chi connectivity index (χ0v) is 7.44. The number of primary sulfonamides is 1. The van der Waals surface area contributed by atoms with Crippen molar-refractivity contribution in [2.45, 2.75) is 32.1 Å². The van der Waals surface area contributed by atoms with E-state index in [1.165, 1.54) is 19.3 Å². The van der Waals surface area contributed by atoms with Crippen molar-refractivity contribution in [3.8, 4) is 0 Å². The van der Waals surface area contributed by atoms with Crippen LogP contribution in [0.3, 0.4) is 0 Å². The van der Waals surface area contributed by atoms with Gasteiger partial charge in [0.1, 0.15) is 0 Å². The Balaban J connectivity index is 2.36. The lowest BCUT2D eigenvalue weighted by atomic mass is 9.91. The molecular formula is C7H15NO2S. The molecule has 2 N–H and O–H groups in total. The zero-order chi connectivity index (χ0) is 8.32. The minimum atomic E-state index is -3.22. The average molecular weight is 177 g/mol. The molecule has 0 amide bonds. The Morgan fingerprint density at radius 2 is 1.73 bits per heavy atom. The summed E-state index contributed by atoms with van der Waals surface area (Å²) in [4.78, 5) is 0. The van der Waals surface area contributed by atoms with Crippen molar-refractivity contribution in [3.05, 3.63) is 0 Å². The Kier molecular flexibility index (Phi) is 2.90. The fourth-order valence-corrected chi connectivity index (χ4v) is 2.67. The van der Waals surface area contributed by atoms with E-state index in [4.69, 9.17) is 5.14 Å². The fourth-order valence-electron chi connectivity index (χ4n) is 1.68. The van der Waals surface area contributed by atoms with Crippen LogP contribution >= 0.6 is 0 Å². The van der Waals surface area contributed by atoms with Crippen LogP contribution in [-0.2, 0) is 10.0 Å². The van der Waals surface area contributed by atoms with Crippen LogP contribution < -0.4 is 5.14 Å². The zero-order valence-electron chi connectivity index (χ0n) is 6.62. The summed E-state index contributed by atoms with van der Waals surface area (Å²) in [6.07, 6.45) is 5.66. The minimum absolute atomic E-state index is 0.188. The summed E-state index contributed by atoms with van der Waals surface area (Å²) >= 11 is 0. The first kappa shape index (κ1) is 9.00. The Morgan fingerprint density at radius 1 is 1.18 bits per heavy atom. The predicted molar refractivity (Wildman–Crippen MR) is 44.5 cm³/mol. The maximum Gasteiger partial charge on any atom is 0.209 e. The molecule has 1 saturated carbocycles. The van der Waals surface area contributed by atoms with E-state index < -0.39 is 10.0 Å². The molecule has 0 unspecified atom stereocenters. The van der Waals surface area contributed by atoms with Crippen molar-refractivity contribution < 1.29 is 8.42 Å². The molecule has 66 valence electrons. The first-order valence-electron chi connectivity index (χ1n) is 4.08. The third-order valence-corrected chi connectivity index (χ3v) is 3.13. The molecule has 1 rings (SSSR count). The van der Waals surface area contributed by atoms with Crippen molar-refractivity contribution in [1.82, 2.24) is 0 Å². The summed E-state index contributed by atoms with van der Waals surface area (Å²) in [5.41, 5.74) is 0. The van der Waals surface area contributed by atoms with E-state index in [1.807, 2.05) is 0 Å². The minimum Gasteiger partial charge on any atom is -0.229 e. The van der Waals surface area contributed by atoms with Crippen molar-refractivity contribution in [3.63, 3.8) is 0 Å².